The number of nitrogens with zero attached hydrogens (tertiary/aromatic N) is 1. The molecule has 2 N–H and O–H groups in total. The minimum atomic E-state index is -0.551. The Morgan fingerprint density at radius 3 is 2.46 bits per heavy atom. The summed E-state index contributed by atoms with van der Waals surface area (Å²) < 4.78 is 5.24. The van der Waals surface area contributed by atoms with E-state index in [9.17, 15) is 9.59 Å². The number of hydrogen-bond donors (Lipinski definition) is 2. The Labute approximate surface area is 147 Å². The molecule has 0 saturated heterocycles. The van der Waals surface area contributed by atoms with E-state index in [1.807, 2.05) is 40.0 Å². The molecule has 1 aromatic heterocycles. The number of carbonyl (C=O) groups excluding carboxylic acids is 2. The zero-order valence-corrected chi connectivity index (χ0v) is 15.8. The van der Waals surface area contributed by atoms with Crippen molar-refractivity contribution in [2.75, 3.05) is 6.54 Å². The second-order valence-electron chi connectivity index (χ2n) is 6.58. The van der Waals surface area contributed by atoms with E-state index >= 15 is 0 Å². The Balaban J connectivity index is 2.63. The highest BCUT2D eigenvalue weighted by Gasteiger charge is 2.29. The second kappa shape index (κ2) is 8.82. The Bertz CT molecular complexity index is 558. The van der Waals surface area contributed by atoms with E-state index in [1.54, 1.807) is 11.6 Å². The highest BCUT2D eigenvalue weighted by Crippen LogP contribution is 2.15. The van der Waals surface area contributed by atoms with Gasteiger partial charge in [0.1, 0.15) is 5.60 Å². The molecule has 0 unspecified atom stereocenters. The van der Waals surface area contributed by atoms with Gasteiger partial charge in [0, 0.05) is 18.0 Å². The molecular formula is C17H27N3O3S. The van der Waals surface area contributed by atoms with Crippen LogP contribution in [0.5, 0.6) is 0 Å². The maximum Gasteiger partial charge on any atom is 0.407 e. The van der Waals surface area contributed by atoms with Gasteiger partial charge in [-0.15, -0.1) is 11.3 Å². The van der Waals surface area contributed by atoms with Crippen molar-refractivity contribution in [3.05, 3.63) is 22.7 Å². The maximum absolute atomic E-state index is 12.2. The van der Waals surface area contributed by atoms with Gasteiger partial charge in [-0.05, 0) is 39.7 Å². The molecule has 0 radical (unpaired) electrons. The van der Waals surface area contributed by atoms with Gasteiger partial charge in [-0.2, -0.15) is 0 Å². The van der Waals surface area contributed by atoms with Crippen LogP contribution in [0.2, 0.25) is 0 Å². The number of nitrogens with one attached hydrogen (secondary N) is 2. The van der Waals surface area contributed by atoms with Crippen LogP contribution in [0.4, 0.5) is 4.79 Å². The monoisotopic (exact) mass is 353 g/mol. The van der Waals surface area contributed by atoms with Crippen LogP contribution in [0.15, 0.2) is 17.0 Å². The number of aromatic nitrogens is 1. The molecule has 0 aliphatic heterocycles. The number of ether oxygens (including phenoxy) is 1. The van der Waals surface area contributed by atoms with Gasteiger partial charge in [-0.25, -0.2) is 9.78 Å². The van der Waals surface area contributed by atoms with Gasteiger partial charge in [0.2, 0.25) is 5.91 Å². The first-order chi connectivity index (χ1) is 11.2. The molecule has 0 spiro atoms. The Hall–Kier alpha value is -1.89. The Morgan fingerprint density at radius 1 is 1.29 bits per heavy atom. The van der Waals surface area contributed by atoms with Crippen LogP contribution in [-0.2, 0) is 9.53 Å². The average Bonchev–Trinajstić information content (AvgIpc) is 3.01. The van der Waals surface area contributed by atoms with Crippen LogP contribution < -0.4 is 10.6 Å². The highest BCUT2D eigenvalue weighted by atomic mass is 32.1. The maximum atomic E-state index is 12.2. The summed E-state index contributed by atoms with van der Waals surface area (Å²) in [6.07, 6.45) is 4.03. The lowest BCUT2D eigenvalue weighted by Crippen LogP contribution is -2.55. The van der Waals surface area contributed by atoms with E-state index in [0.717, 1.165) is 5.69 Å². The van der Waals surface area contributed by atoms with Gasteiger partial charge in [0.25, 0.3) is 0 Å². The molecule has 0 saturated carbocycles. The number of amides is 2. The van der Waals surface area contributed by atoms with Crippen molar-refractivity contribution in [1.29, 1.82) is 0 Å². The lowest BCUT2D eigenvalue weighted by Gasteiger charge is -2.33. The minimum Gasteiger partial charge on any atom is -0.444 e. The summed E-state index contributed by atoms with van der Waals surface area (Å²) in [7, 11) is 0. The van der Waals surface area contributed by atoms with Gasteiger partial charge in [0.05, 0.1) is 16.7 Å². The number of alkyl carbamates (subject to hydrolysis) is 1. The summed E-state index contributed by atoms with van der Waals surface area (Å²) in [5, 5.41) is 7.60. The first-order valence-corrected chi connectivity index (χ1v) is 8.99. The van der Waals surface area contributed by atoms with Crippen molar-refractivity contribution in [3.63, 3.8) is 0 Å². The highest BCUT2D eigenvalue weighted by molar-refractivity contribution is 7.07. The number of hydrogen-bond acceptors (Lipinski definition) is 5. The lowest BCUT2D eigenvalue weighted by atomic mass is 9.92. The van der Waals surface area contributed by atoms with Crippen molar-refractivity contribution in [1.82, 2.24) is 15.6 Å². The van der Waals surface area contributed by atoms with Crippen molar-refractivity contribution in [2.45, 2.75) is 58.6 Å². The SMILES string of the molecule is CCC(CC)(CNC(=O)OC(C)(C)C)NC(=O)/C=C/c1cscn1. The minimum absolute atomic E-state index is 0.210. The number of carbonyl (C=O) groups is 2. The van der Waals surface area contributed by atoms with Gasteiger partial charge in [-0.1, -0.05) is 13.8 Å². The molecule has 7 heteroatoms. The molecule has 0 aliphatic rings. The summed E-state index contributed by atoms with van der Waals surface area (Å²) in [5.41, 5.74) is 1.40. The fourth-order valence-electron chi connectivity index (χ4n) is 2.04. The molecular weight excluding hydrogens is 326 g/mol. The Kier molecular flexibility index (Phi) is 7.41. The predicted octanol–water partition coefficient (Wildman–Crippen LogP) is 3.36. The predicted molar refractivity (Wildman–Crippen MR) is 96.8 cm³/mol. The standard InChI is InChI=1S/C17H27N3O3S/c1-6-17(7-2,11-18-15(22)23-16(3,4)5)20-14(21)9-8-13-10-24-12-19-13/h8-10,12H,6-7,11H2,1-5H3,(H,18,22)(H,20,21)/b9-8+. The van der Waals surface area contributed by atoms with E-state index in [1.165, 1.54) is 17.4 Å². The molecule has 1 rings (SSSR count). The molecule has 0 bridgehead atoms. The van der Waals surface area contributed by atoms with Crippen molar-refractivity contribution >= 4 is 29.4 Å². The van der Waals surface area contributed by atoms with Crippen molar-refractivity contribution in [3.8, 4) is 0 Å². The van der Waals surface area contributed by atoms with Crippen LogP contribution >= 0.6 is 11.3 Å². The third kappa shape index (κ3) is 7.12. The molecule has 0 aromatic carbocycles. The molecule has 0 fully saturated rings. The van der Waals surface area contributed by atoms with Crippen LogP contribution in [0.25, 0.3) is 6.08 Å². The van der Waals surface area contributed by atoms with Gasteiger partial charge in [0.15, 0.2) is 0 Å². The van der Waals surface area contributed by atoms with Crippen LogP contribution in [0.1, 0.15) is 53.2 Å². The molecule has 1 aromatic rings. The third-order valence-corrected chi connectivity index (χ3v) is 4.17. The fraction of sp³-hybridized carbons (Fsp3) is 0.588. The van der Waals surface area contributed by atoms with Crippen molar-refractivity contribution < 1.29 is 14.3 Å². The van der Waals surface area contributed by atoms with Gasteiger partial charge in [-0.3, -0.25) is 4.79 Å². The largest absolute Gasteiger partial charge is 0.444 e. The van der Waals surface area contributed by atoms with E-state index in [-0.39, 0.29) is 5.91 Å². The summed E-state index contributed by atoms with van der Waals surface area (Å²) in [4.78, 5) is 28.1. The topological polar surface area (TPSA) is 80.3 Å². The third-order valence-electron chi connectivity index (χ3n) is 3.57. The van der Waals surface area contributed by atoms with E-state index in [0.29, 0.717) is 19.4 Å². The molecule has 1 heterocycles. The first-order valence-electron chi connectivity index (χ1n) is 8.05. The van der Waals surface area contributed by atoms with Crippen LogP contribution in [0, 0.1) is 0 Å². The number of thiazole rings is 1. The Morgan fingerprint density at radius 2 is 1.96 bits per heavy atom. The summed E-state index contributed by atoms with van der Waals surface area (Å²) in [5.74, 6) is -0.210. The lowest BCUT2D eigenvalue weighted by molar-refractivity contribution is -0.118. The molecule has 6 nitrogen and oxygen atoms in total. The van der Waals surface area contributed by atoms with Crippen molar-refractivity contribution in [2.24, 2.45) is 0 Å². The molecule has 134 valence electrons. The van der Waals surface area contributed by atoms with E-state index in [4.69, 9.17) is 4.74 Å². The quantitative estimate of drug-likeness (QED) is 0.737. The first kappa shape index (κ1) is 20.2. The number of rotatable bonds is 7. The normalized spacial score (nSPS) is 12.2. The molecule has 2 amide bonds. The second-order valence-corrected chi connectivity index (χ2v) is 7.30. The zero-order valence-electron chi connectivity index (χ0n) is 15.0. The van der Waals surface area contributed by atoms with Crippen LogP contribution in [0.3, 0.4) is 0 Å². The fourth-order valence-corrected chi connectivity index (χ4v) is 2.57. The summed E-state index contributed by atoms with van der Waals surface area (Å²) in [6.45, 7) is 9.69. The van der Waals surface area contributed by atoms with Crippen LogP contribution in [-0.4, -0.2) is 34.7 Å². The summed E-state index contributed by atoms with van der Waals surface area (Å²) >= 11 is 1.47. The smallest absolute Gasteiger partial charge is 0.407 e. The van der Waals surface area contributed by atoms with E-state index < -0.39 is 17.2 Å². The molecule has 24 heavy (non-hydrogen) atoms. The molecule has 0 atom stereocenters. The van der Waals surface area contributed by atoms with Gasteiger partial charge >= 0.3 is 6.09 Å². The van der Waals surface area contributed by atoms with E-state index in [2.05, 4.69) is 15.6 Å². The molecule has 0 aliphatic carbocycles. The zero-order chi connectivity index (χ0) is 18.2. The van der Waals surface area contributed by atoms with Gasteiger partial charge < -0.3 is 15.4 Å². The average molecular weight is 353 g/mol. The summed E-state index contributed by atoms with van der Waals surface area (Å²) in [6, 6.07) is 0.